The molecule has 0 heterocycles. The Morgan fingerprint density at radius 3 is 2.38 bits per heavy atom. The summed E-state index contributed by atoms with van der Waals surface area (Å²) in [6, 6.07) is 6.93. The summed E-state index contributed by atoms with van der Waals surface area (Å²) in [5, 5.41) is 3.28. The highest BCUT2D eigenvalue weighted by Crippen LogP contribution is 2.29. The highest BCUT2D eigenvalue weighted by atomic mass is 19.1. The molecular weight excluding hydrogens is 203 g/mol. The molecule has 90 valence electrons. The monoisotopic (exact) mass is 224 g/mol. The molecule has 0 spiro atoms. The molecular formula is C13H21FN2. The predicted molar refractivity (Wildman–Crippen MR) is 66.0 cm³/mol. The maximum Gasteiger partial charge on any atom is 0.123 e. The maximum absolute atomic E-state index is 13.2. The molecule has 1 aromatic carbocycles. The Bertz CT molecular complexity index is 348. The molecule has 1 atom stereocenters. The fraction of sp³-hybridized carbons (Fsp3) is 0.538. The van der Waals surface area contributed by atoms with Crippen molar-refractivity contribution in [3.8, 4) is 0 Å². The number of rotatable bonds is 4. The molecule has 0 aliphatic carbocycles. The Hall–Kier alpha value is -0.930. The second-order valence-electron chi connectivity index (χ2n) is 4.89. The standard InChI is InChI=1S/C13H21FN2/c1-13(2,15-3)12(16(4)5)10-7-6-8-11(14)9-10/h6-9,12,15H,1-5H3. The van der Waals surface area contributed by atoms with Gasteiger partial charge in [-0.15, -0.1) is 0 Å². The van der Waals surface area contributed by atoms with Crippen LogP contribution in [0.5, 0.6) is 0 Å². The van der Waals surface area contributed by atoms with Gasteiger partial charge in [0.2, 0.25) is 0 Å². The lowest BCUT2D eigenvalue weighted by molar-refractivity contribution is 0.177. The van der Waals surface area contributed by atoms with Gasteiger partial charge in [-0.3, -0.25) is 0 Å². The molecule has 0 aliphatic rings. The second kappa shape index (κ2) is 4.93. The Kier molecular flexibility index (Phi) is 4.05. The minimum absolute atomic E-state index is 0.114. The Morgan fingerprint density at radius 2 is 1.94 bits per heavy atom. The van der Waals surface area contributed by atoms with Gasteiger partial charge in [0.05, 0.1) is 6.04 Å². The molecule has 0 radical (unpaired) electrons. The lowest BCUT2D eigenvalue weighted by Gasteiger charge is -2.39. The summed E-state index contributed by atoms with van der Waals surface area (Å²) in [5.41, 5.74) is 0.876. The van der Waals surface area contributed by atoms with Gasteiger partial charge in [0, 0.05) is 5.54 Å². The minimum Gasteiger partial charge on any atom is -0.313 e. The van der Waals surface area contributed by atoms with Crippen LogP contribution in [-0.4, -0.2) is 31.6 Å². The van der Waals surface area contributed by atoms with Crippen LogP contribution in [0.25, 0.3) is 0 Å². The van der Waals surface area contributed by atoms with E-state index in [1.165, 1.54) is 6.07 Å². The van der Waals surface area contributed by atoms with Gasteiger partial charge in [-0.25, -0.2) is 4.39 Å². The Labute approximate surface area is 97.5 Å². The van der Waals surface area contributed by atoms with E-state index in [9.17, 15) is 4.39 Å². The van der Waals surface area contributed by atoms with E-state index in [0.29, 0.717) is 0 Å². The molecule has 3 heteroatoms. The fourth-order valence-corrected chi connectivity index (χ4v) is 2.17. The van der Waals surface area contributed by atoms with Crippen molar-refractivity contribution in [2.75, 3.05) is 21.1 Å². The molecule has 0 aliphatic heterocycles. The molecule has 1 N–H and O–H groups in total. The largest absolute Gasteiger partial charge is 0.313 e. The zero-order valence-electron chi connectivity index (χ0n) is 10.7. The summed E-state index contributed by atoms with van der Waals surface area (Å²) in [5.74, 6) is -0.184. The lowest BCUT2D eigenvalue weighted by atomic mass is 9.88. The van der Waals surface area contributed by atoms with Crippen molar-refractivity contribution in [2.24, 2.45) is 0 Å². The second-order valence-corrected chi connectivity index (χ2v) is 4.89. The van der Waals surface area contributed by atoms with Gasteiger partial charge in [-0.05, 0) is 52.7 Å². The first-order chi connectivity index (χ1) is 7.38. The number of benzene rings is 1. The van der Waals surface area contributed by atoms with Gasteiger partial charge in [0.15, 0.2) is 0 Å². The van der Waals surface area contributed by atoms with Crippen molar-refractivity contribution < 1.29 is 4.39 Å². The molecule has 0 fully saturated rings. The molecule has 1 aromatic rings. The first-order valence-corrected chi connectivity index (χ1v) is 5.49. The van der Waals surface area contributed by atoms with Crippen LogP contribution in [-0.2, 0) is 0 Å². The van der Waals surface area contributed by atoms with Crippen LogP contribution in [0.2, 0.25) is 0 Å². The quantitative estimate of drug-likeness (QED) is 0.845. The van der Waals surface area contributed by atoms with Crippen molar-refractivity contribution in [1.82, 2.24) is 10.2 Å². The minimum atomic E-state index is -0.184. The normalized spacial score (nSPS) is 14.2. The van der Waals surface area contributed by atoms with Crippen LogP contribution < -0.4 is 5.32 Å². The van der Waals surface area contributed by atoms with Gasteiger partial charge in [0.25, 0.3) is 0 Å². The number of hydrogen-bond donors (Lipinski definition) is 1. The molecule has 0 bridgehead atoms. The van der Waals surface area contributed by atoms with Crippen LogP contribution in [0.1, 0.15) is 25.5 Å². The van der Waals surface area contributed by atoms with Crippen LogP contribution in [0.15, 0.2) is 24.3 Å². The number of likely N-dealkylation sites (N-methyl/N-ethyl adjacent to an activating group) is 2. The molecule has 1 rings (SSSR count). The van der Waals surface area contributed by atoms with E-state index in [1.807, 2.05) is 27.2 Å². The molecule has 1 unspecified atom stereocenters. The third kappa shape index (κ3) is 2.80. The van der Waals surface area contributed by atoms with Crippen LogP contribution in [0, 0.1) is 5.82 Å². The van der Waals surface area contributed by atoms with Crippen LogP contribution in [0.4, 0.5) is 4.39 Å². The highest BCUT2D eigenvalue weighted by Gasteiger charge is 2.31. The lowest BCUT2D eigenvalue weighted by Crippen LogP contribution is -2.48. The van der Waals surface area contributed by atoms with Crippen molar-refractivity contribution in [3.05, 3.63) is 35.6 Å². The smallest absolute Gasteiger partial charge is 0.123 e. The van der Waals surface area contributed by atoms with Gasteiger partial charge in [-0.2, -0.15) is 0 Å². The zero-order chi connectivity index (χ0) is 12.3. The summed E-state index contributed by atoms with van der Waals surface area (Å²) in [4.78, 5) is 2.10. The van der Waals surface area contributed by atoms with Crippen molar-refractivity contribution in [1.29, 1.82) is 0 Å². The first-order valence-electron chi connectivity index (χ1n) is 5.49. The maximum atomic E-state index is 13.2. The van der Waals surface area contributed by atoms with Gasteiger partial charge < -0.3 is 10.2 Å². The summed E-state index contributed by atoms with van der Waals surface area (Å²) < 4.78 is 13.2. The first kappa shape index (κ1) is 13.1. The summed E-state index contributed by atoms with van der Waals surface area (Å²) >= 11 is 0. The highest BCUT2D eigenvalue weighted by molar-refractivity contribution is 5.23. The van der Waals surface area contributed by atoms with E-state index in [4.69, 9.17) is 0 Å². The van der Waals surface area contributed by atoms with E-state index >= 15 is 0 Å². The fourth-order valence-electron chi connectivity index (χ4n) is 2.17. The number of nitrogens with one attached hydrogen (secondary N) is 1. The predicted octanol–water partition coefficient (Wildman–Crippen LogP) is 2.43. The molecule has 2 nitrogen and oxygen atoms in total. The SMILES string of the molecule is CNC(C)(C)C(c1cccc(F)c1)N(C)C. The number of hydrogen-bond acceptors (Lipinski definition) is 2. The molecule has 0 aromatic heterocycles. The molecule has 0 amide bonds. The molecule has 0 saturated carbocycles. The zero-order valence-corrected chi connectivity index (χ0v) is 10.7. The summed E-state index contributed by atoms with van der Waals surface area (Å²) in [6.45, 7) is 4.23. The van der Waals surface area contributed by atoms with E-state index in [1.54, 1.807) is 12.1 Å². The molecule has 16 heavy (non-hydrogen) atoms. The van der Waals surface area contributed by atoms with Crippen molar-refractivity contribution in [3.63, 3.8) is 0 Å². The Morgan fingerprint density at radius 1 is 1.31 bits per heavy atom. The van der Waals surface area contributed by atoms with Crippen molar-refractivity contribution in [2.45, 2.75) is 25.4 Å². The number of nitrogens with zero attached hydrogens (tertiary/aromatic N) is 1. The van der Waals surface area contributed by atoms with Gasteiger partial charge >= 0.3 is 0 Å². The molecule has 0 saturated heterocycles. The number of halogens is 1. The third-order valence-electron chi connectivity index (χ3n) is 3.01. The Balaban J connectivity index is 3.13. The van der Waals surface area contributed by atoms with E-state index in [-0.39, 0.29) is 17.4 Å². The summed E-state index contributed by atoms with van der Waals surface area (Å²) in [6.07, 6.45) is 0. The van der Waals surface area contributed by atoms with E-state index in [0.717, 1.165) is 5.56 Å². The average molecular weight is 224 g/mol. The van der Waals surface area contributed by atoms with Crippen LogP contribution in [0.3, 0.4) is 0 Å². The van der Waals surface area contributed by atoms with Crippen molar-refractivity contribution >= 4 is 0 Å². The van der Waals surface area contributed by atoms with E-state index in [2.05, 4.69) is 24.1 Å². The topological polar surface area (TPSA) is 15.3 Å². The summed E-state index contributed by atoms with van der Waals surface area (Å²) in [7, 11) is 5.94. The van der Waals surface area contributed by atoms with E-state index < -0.39 is 0 Å². The third-order valence-corrected chi connectivity index (χ3v) is 3.01. The van der Waals surface area contributed by atoms with Crippen LogP contribution >= 0.6 is 0 Å². The van der Waals surface area contributed by atoms with Gasteiger partial charge in [0.1, 0.15) is 5.82 Å². The van der Waals surface area contributed by atoms with Gasteiger partial charge in [-0.1, -0.05) is 12.1 Å². The average Bonchev–Trinajstić information content (AvgIpc) is 2.17.